The molecule has 0 bridgehead atoms. The summed E-state index contributed by atoms with van der Waals surface area (Å²) in [6.07, 6.45) is 0. The van der Waals surface area contributed by atoms with E-state index in [1.807, 2.05) is 30.3 Å². The van der Waals surface area contributed by atoms with Crippen LogP contribution in [0.1, 0.15) is 0 Å². The van der Waals surface area contributed by atoms with E-state index in [2.05, 4.69) is 0 Å². The Kier molecular flexibility index (Phi) is 2.21. The van der Waals surface area contributed by atoms with E-state index < -0.39 is 0 Å². The molecule has 0 radical (unpaired) electrons. The molecule has 2 aromatic carbocycles. The van der Waals surface area contributed by atoms with Crippen LogP contribution in [0.3, 0.4) is 0 Å². The first-order valence-electron chi connectivity index (χ1n) is 4.55. The van der Waals surface area contributed by atoms with Crippen molar-refractivity contribution < 1.29 is 10.2 Å². The molecule has 0 spiro atoms. The van der Waals surface area contributed by atoms with Crippen molar-refractivity contribution in [3.8, 4) is 22.6 Å². The van der Waals surface area contributed by atoms with Gasteiger partial charge in [-0.2, -0.15) is 0 Å². The number of phenols is 2. The van der Waals surface area contributed by atoms with E-state index in [1.54, 1.807) is 0 Å². The van der Waals surface area contributed by atoms with Crippen molar-refractivity contribution in [1.82, 2.24) is 0 Å². The smallest absolute Gasteiger partial charge is 0.146 e. The first-order chi connectivity index (χ1) is 7.18. The Morgan fingerprint density at radius 2 is 1.60 bits per heavy atom. The quantitative estimate of drug-likeness (QED) is 0.377. The molecule has 76 valence electrons. The minimum Gasteiger partial charge on any atom is -0.508 e. The van der Waals surface area contributed by atoms with Crippen molar-refractivity contribution in [2.24, 2.45) is 0 Å². The zero-order valence-corrected chi connectivity index (χ0v) is 8.01. The highest BCUT2D eigenvalue weighted by atomic mass is 16.3. The van der Waals surface area contributed by atoms with Crippen molar-refractivity contribution >= 4 is 5.69 Å². The highest BCUT2D eigenvalue weighted by molar-refractivity contribution is 5.78. The summed E-state index contributed by atoms with van der Waals surface area (Å²) in [5.41, 5.74) is 7.08. The largest absolute Gasteiger partial charge is 0.508 e. The third-order valence-corrected chi connectivity index (χ3v) is 2.21. The SMILES string of the molecule is Nc1cc(O)cc(-c2ccccc2)c1O. The van der Waals surface area contributed by atoms with Crippen LogP contribution in [0, 0.1) is 0 Å². The molecule has 2 aromatic rings. The molecule has 0 fully saturated rings. The fourth-order valence-corrected chi connectivity index (χ4v) is 1.48. The van der Waals surface area contributed by atoms with E-state index in [9.17, 15) is 10.2 Å². The minimum absolute atomic E-state index is 0.000926. The van der Waals surface area contributed by atoms with E-state index in [0.717, 1.165) is 5.56 Å². The van der Waals surface area contributed by atoms with Gasteiger partial charge in [0, 0.05) is 11.6 Å². The van der Waals surface area contributed by atoms with Gasteiger partial charge in [-0.1, -0.05) is 30.3 Å². The van der Waals surface area contributed by atoms with Crippen molar-refractivity contribution in [1.29, 1.82) is 0 Å². The molecule has 0 aromatic heterocycles. The lowest BCUT2D eigenvalue weighted by molar-refractivity contribution is 0.464. The number of benzene rings is 2. The lowest BCUT2D eigenvalue weighted by Crippen LogP contribution is -1.88. The van der Waals surface area contributed by atoms with Gasteiger partial charge >= 0.3 is 0 Å². The van der Waals surface area contributed by atoms with Gasteiger partial charge in [0.05, 0.1) is 5.69 Å². The van der Waals surface area contributed by atoms with Gasteiger partial charge in [0.25, 0.3) is 0 Å². The predicted molar refractivity (Wildman–Crippen MR) is 59.6 cm³/mol. The van der Waals surface area contributed by atoms with Gasteiger partial charge in [0.15, 0.2) is 0 Å². The standard InChI is InChI=1S/C12H11NO2/c13-11-7-9(14)6-10(12(11)15)8-4-2-1-3-5-8/h1-7,14-15H,13H2. The number of phenolic OH excluding ortho intramolecular Hbond substituents is 2. The molecule has 0 saturated heterocycles. The van der Waals surface area contributed by atoms with E-state index >= 15 is 0 Å². The normalized spacial score (nSPS) is 10.1. The summed E-state index contributed by atoms with van der Waals surface area (Å²) in [6, 6.07) is 12.1. The Hall–Kier alpha value is -2.16. The highest BCUT2D eigenvalue weighted by Crippen LogP contribution is 2.36. The molecule has 0 saturated carbocycles. The number of anilines is 1. The number of nitrogen functional groups attached to an aromatic ring is 1. The summed E-state index contributed by atoms with van der Waals surface area (Å²) in [5.74, 6) is 0.0446. The third-order valence-electron chi connectivity index (χ3n) is 2.21. The van der Waals surface area contributed by atoms with Crippen LogP contribution in [-0.2, 0) is 0 Å². The Labute approximate surface area is 87.4 Å². The topological polar surface area (TPSA) is 66.5 Å². The number of rotatable bonds is 1. The van der Waals surface area contributed by atoms with E-state index in [4.69, 9.17) is 5.73 Å². The molecular formula is C12H11NO2. The average Bonchev–Trinajstić information content (AvgIpc) is 2.24. The molecule has 0 aliphatic carbocycles. The van der Waals surface area contributed by atoms with Gasteiger partial charge in [-0.25, -0.2) is 0 Å². The highest BCUT2D eigenvalue weighted by Gasteiger charge is 2.08. The molecule has 0 aliphatic rings. The molecule has 0 atom stereocenters. The molecule has 0 amide bonds. The fourth-order valence-electron chi connectivity index (χ4n) is 1.48. The van der Waals surface area contributed by atoms with Gasteiger partial charge in [-0.05, 0) is 11.6 Å². The van der Waals surface area contributed by atoms with Gasteiger partial charge in [0.2, 0.25) is 0 Å². The number of nitrogens with two attached hydrogens (primary N) is 1. The maximum atomic E-state index is 9.74. The molecule has 2 rings (SSSR count). The van der Waals surface area contributed by atoms with Crippen molar-refractivity contribution in [2.75, 3.05) is 5.73 Å². The lowest BCUT2D eigenvalue weighted by atomic mass is 10.0. The van der Waals surface area contributed by atoms with Crippen LogP contribution in [0.15, 0.2) is 42.5 Å². The number of hydrogen-bond donors (Lipinski definition) is 3. The van der Waals surface area contributed by atoms with Crippen LogP contribution >= 0.6 is 0 Å². The number of aromatic hydroxyl groups is 2. The van der Waals surface area contributed by atoms with Gasteiger partial charge in [-0.3, -0.25) is 0 Å². The third kappa shape index (κ3) is 1.72. The summed E-state index contributed by atoms with van der Waals surface area (Å²) in [6.45, 7) is 0. The zero-order chi connectivity index (χ0) is 10.8. The first-order valence-corrected chi connectivity index (χ1v) is 4.55. The van der Waals surface area contributed by atoms with Crippen LogP contribution in [-0.4, -0.2) is 10.2 Å². The Bertz CT molecular complexity index is 480. The van der Waals surface area contributed by atoms with Crippen LogP contribution in [0.25, 0.3) is 11.1 Å². The van der Waals surface area contributed by atoms with Gasteiger partial charge in [-0.15, -0.1) is 0 Å². The summed E-state index contributed by atoms with van der Waals surface area (Å²) in [5, 5.41) is 19.1. The van der Waals surface area contributed by atoms with Crippen molar-refractivity contribution in [2.45, 2.75) is 0 Å². The summed E-state index contributed by atoms with van der Waals surface area (Å²) in [4.78, 5) is 0. The molecular weight excluding hydrogens is 190 g/mol. The van der Waals surface area contributed by atoms with Crippen LogP contribution in [0.2, 0.25) is 0 Å². The molecule has 0 aliphatic heterocycles. The van der Waals surface area contributed by atoms with E-state index in [0.29, 0.717) is 5.56 Å². The first kappa shape index (κ1) is 9.40. The predicted octanol–water partition coefficient (Wildman–Crippen LogP) is 2.35. The average molecular weight is 201 g/mol. The summed E-state index contributed by atoms with van der Waals surface area (Å²) >= 11 is 0. The fraction of sp³-hybridized carbons (Fsp3) is 0. The maximum absolute atomic E-state index is 9.74. The minimum atomic E-state index is -0.000926. The molecule has 0 heterocycles. The maximum Gasteiger partial charge on any atom is 0.146 e. The van der Waals surface area contributed by atoms with Crippen molar-refractivity contribution in [3.63, 3.8) is 0 Å². The summed E-state index contributed by atoms with van der Waals surface area (Å²) in [7, 11) is 0. The van der Waals surface area contributed by atoms with Crippen LogP contribution in [0.5, 0.6) is 11.5 Å². The Balaban J connectivity index is 2.63. The van der Waals surface area contributed by atoms with Gasteiger partial charge < -0.3 is 15.9 Å². The second kappa shape index (κ2) is 3.53. The molecule has 3 nitrogen and oxygen atoms in total. The molecule has 4 N–H and O–H groups in total. The second-order valence-corrected chi connectivity index (χ2v) is 3.30. The van der Waals surface area contributed by atoms with Crippen LogP contribution < -0.4 is 5.73 Å². The molecule has 15 heavy (non-hydrogen) atoms. The number of hydrogen-bond acceptors (Lipinski definition) is 3. The monoisotopic (exact) mass is 201 g/mol. The molecule has 3 heteroatoms. The lowest BCUT2D eigenvalue weighted by Gasteiger charge is -2.07. The summed E-state index contributed by atoms with van der Waals surface area (Å²) < 4.78 is 0. The van der Waals surface area contributed by atoms with Crippen molar-refractivity contribution in [3.05, 3.63) is 42.5 Å². The van der Waals surface area contributed by atoms with E-state index in [-0.39, 0.29) is 17.2 Å². The zero-order valence-electron chi connectivity index (χ0n) is 8.01. The molecule has 0 unspecified atom stereocenters. The van der Waals surface area contributed by atoms with E-state index in [1.165, 1.54) is 12.1 Å². The Morgan fingerprint density at radius 3 is 2.27 bits per heavy atom. The van der Waals surface area contributed by atoms with Crippen LogP contribution in [0.4, 0.5) is 5.69 Å². The Morgan fingerprint density at radius 1 is 0.933 bits per heavy atom. The second-order valence-electron chi connectivity index (χ2n) is 3.30. The van der Waals surface area contributed by atoms with Gasteiger partial charge in [0.1, 0.15) is 11.5 Å².